The molecule has 0 spiro atoms. The maximum absolute atomic E-state index is 13.2. The molecule has 1 N–H and O–H groups in total. The zero-order valence-corrected chi connectivity index (χ0v) is 13.6. The molecule has 2 aromatic rings. The lowest BCUT2D eigenvalue weighted by molar-refractivity contribution is -0.386. The van der Waals surface area contributed by atoms with Crippen molar-refractivity contribution < 1.29 is 18.8 Å². The predicted octanol–water partition coefficient (Wildman–Crippen LogP) is 3.44. The van der Waals surface area contributed by atoms with Crippen LogP contribution in [-0.4, -0.2) is 16.9 Å². The van der Waals surface area contributed by atoms with Crippen LogP contribution in [-0.2, 0) is 4.79 Å². The molecular weight excluding hydrogens is 327 g/mol. The molecule has 6 nitrogen and oxygen atoms in total. The molecule has 0 saturated heterocycles. The fourth-order valence-electron chi connectivity index (χ4n) is 2.41. The van der Waals surface area contributed by atoms with Gasteiger partial charge in [-0.15, -0.1) is 0 Å². The van der Waals surface area contributed by atoms with Crippen LogP contribution < -0.4 is 10.1 Å². The number of aryl methyl sites for hydroxylation is 1. The Labute approximate surface area is 143 Å². The second-order valence-corrected chi connectivity index (χ2v) is 6.06. The van der Waals surface area contributed by atoms with Gasteiger partial charge in [0.2, 0.25) is 6.10 Å². The van der Waals surface area contributed by atoms with E-state index in [9.17, 15) is 19.3 Å². The van der Waals surface area contributed by atoms with Gasteiger partial charge in [-0.05, 0) is 43.5 Å². The summed E-state index contributed by atoms with van der Waals surface area (Å²) in [6, 6.07) is 9.94. The van der Waals surface area contributed by atoms with E-state index in [4.69, 9.17) is 4.74 Å². The van der Waals surface area contributed by atoms with Crippen LogP contribution in [0.5, 0.6) is 5.75 Å². The maximum Gasteiger partial charge on any atom is 0.311 e. The average molecular weight is 344 g/mol. The topological polar surface area (TPSA) is 81.5 Å². The third kappa shape index (κ3) is 4.12. The minimum Gasteiger partial charge on any atom is -0.469 e. The van der Waals surface area contributed by atoms with Gasteiger partial charge in [-0.3, -0.25) is 14.9 Å². The highest BCUT2D eigenvalue weighted by Crippen LogP contribution is 2.32. The molecule has 0 aromatic heterocycles. The fraction of sp³-hybridized carbons (Fsp3) is 0.278. The molecule has 1 fully saturated rings. The van der Waals surface area contributed by atoms with E-state index >= 15 is 0 Å². The highest BCUT2D eigenvalue weighted by molar-refractivity contribution is 5.83. The largest absolute Gasteiger partial charge is 0.469 e. The van der Waals surface area contributed by atoms with E-state index in [-0.39, 0.29) is 17.5 Å². The van der Waals surface area contributed by atoms with Crippen molar-refractivity contribution in [2.24, 2.45) is 0 Å². The van der Waals surface area contributed by atoms with Crippen LogP contribution in [0, 0.1) is 22.9 Å². The molecule has 1 aliphatic carbocycles. The first-order valence-corrected chi connectivity index (χ1v) is 7.91. The van der Waals surface area contributed by atoms with Crippen LogP contribution in [0.3, 0.4) is 0 Å². The number of nitrogens with one attached hydrogen (secondary N) is 1. The zero-order chi connectivity index (χ0) is 18.0. The van der Waals surface area contributed by atoms with Gasteiger partial charge in [-0.1, -0.05) is 18.2 Å². The summed E-state index contributed by atoms with van der Waals surface area (Å²) >= 11 is 0. The number of hydrogen-bond donors (Lipinski definition) is 1. The van der Waals surface area contributed by atoms with Gasteiger partial charge < -0.3 is 10.1 Å². The van der Waals surface area contributed by atoms with Gasteiger partial charge >= 0.3 is 5.69 Å². The van der Waals surface area contributed by atoms with Gasteiger partial charge in [0.1, 0.15) is 5.82 Å². The molecule has 1 amide bonds. The first kappa shape index (κ1) is 16.9. The smallest absolute Gasteiger partial charge is 0.311 e. The molecule has 0 unspecified atom stereocenters. The Bertz CT molecular complexity index is 803. The second kappa shape index (κ2) is 6.88. The summed E-state index contributed by atoms with van der Waals surface area (Å²) in [7, 11) is 0. The van der Waals surface area contributed by atoms with Crippen LogP contribution >= 0.6 is 0 Å². The first-order chi connectivity index (χ1) is 11.9. The highest BCUT2D eigenvalue weighted by atomic mass is 19.1. The SMILES string of the molecule is Cc1ccc(O[C@@H](C(=O)NC2CC2)c2ccc(F)cc2)c([N+](=O)[O-])c1. The lowest BCUT2D eigenvalue weighted by atomic mass is 10.1. The number of nitro benzene ring substituents is 1. The maximum atomic E-state index is 13.2. The third-order valence-electron chi connectivity index (χ3n) is 3.89. The van der Waals surface area contributed by atoms with Gasteiger partial charge in [-0.25, -0.2) is 4.39 Å². The number of carbonyl (C=O) groups excluding carboxylic acids is 1. The summed E-state index contributed by atoms with van der Waals surface area (Å²) < 4.78 is 18.9. The van der Waals surface area contributed by atoms with Crippen molar-refractivity contribution in [3.8, 4) is 5.75 Å². The summed E-state index contributed by atoms with van der Waals surface area (Å²) in [5, 5.41) is 14.1. The number of ether oxygens (including phenoxy) is 1. The lowest BCUT2D eigenvalue weighted by Crippen LogP contribution is -2.34. The molecule has 0 aliphatic heterocycles. The number of halogens is 1. The first-order valence-electron chi connectivity index (χ1n) is 7.91. The van der Waals surface area contributed by atoms with E-state index in [1.807, 2.05) is 0 Å². The Kier molecular flexibility index (Phi) is 4.65. The monoisotopic (exact) mass is 344 g/mol. The summed E-state index contributed by atoms with van der Waals surface area (Å²) in [6.45, 7) is 1.73. The number of hydrogen-bond acceptors (Lipinski definition) is 4. The van der Waals surface area contributed by atoms with E-state index in [0.29, 0.717) is 11.1 Å². The summed E-state index contributed by atoms with van der Waals surface area (Å²) in [5.74, 6) is -0.841. The number of carbonyl (C=O) groups is 1. The minimum atomic E-state index is -1.09. The van der Waals surface area contributed by atoms with Crippen molar-refractivity contribution in [2.45, 2.75) is 31.9 Å². The highest BCUT2D eigenvalue weighted by Gasteiger charge is 2.31. The molecule has 1 aliphatic rings. The van der Waals surface area contributed by atoms with Crippen molar-refractivity contribution in [3.63, 3.8) is 0 Å². The molecule has 1 atom stereocenters. The van der Waals surface area contributed by atoms with Crippen molar-refractivity contribution in [1.82, 2.24) is 5.32 Å². The Balaban J connectivity index is 1.93. The lowest BCUT2D eigenvalue weighted by Gasteiger charge is -2.19. The molecule has 0 bridgehead atoms. The Morgan fingerprint density at radius 2 is 1.96 bits per heavy atom. The molecule has 25 heavy (non-hydrogen) atoms. The molecule has 2 aromatic carbocycles. The number of rotatable bonds is 6. The van der Waals surface area contributed by atoms with Gasteiger partial charge in [0, 0.05) is 17.7 Å². The fourth-order valence-corrected chi connectivity index (χ4v) is 2.41. The van der Waals surface area contributed by atoms with E-state index < -0.39 is 22.8 Å². The van der Waals surface area contributed by atoms with E-state index in [2.05, 4.69) is 5.32 Å². The van der Waals surface area contributed by atoms with Crippen LogP contribution in [0.1, 0.15) is 30.1 Å². The summed E-state index contributed by atoms with van der Waals surface area (Å²) in [6.07, 6.45) is 0.696. The quantitative estimate of drug-likeness (QED) is 0.643. The Hall–Kier alpha value is -2.96. The number of benzene rings is 2. The normalized spacial score (nSPS) is 14.6. The van der Waals surface area contributed by atoms with Crippen LogP contribution in [0.4, 0.5) is 10.1 Å². The van der Waals surface area contributed by atoms with Gasteiger partial charge in [0.15, 0.2) is 5.75 Å². The molecule has 7 heteroatoms. The number of nitrogens with zero attached hydrogens (tertiary/aromatic N) is 1. The third-order valence-corrected chi connectivity index (χ3v) is 3.89. The van der Waals surface area contributed by atoms with Crippen molar-refractivity contribution >= 4 is 11.6 Å². The van der Waals surface area contributed by atoms with E-state index in [1.165, 1.54) is 36.4 Å². The van der Waals surface area contributed by atoms with Crippen molar-refractivity contribution in [2.75, 3.05) is 0 Å². The molecule has 3 rings (SSSR count). The molecule has 0 radical (unpaired) electrons. The van der Waals surface area contributed by atoms with Gasteiger partial charge in [0.05, 0.1) is 4.92 Å². The van der Waals surface area contributed by atoms with Crippen molar-refractivity contribution in [3.05, 3.63) is 69.5 Å². The average Bonchev–Trinajstić information content (AvgIpc) is 3.38. The Morgan fingerprint density at radius 1 is 1.28 bits per heavy atom. The standard InChI is InChI=1S/C18H17FN2O4/c1-11-2-9-16(15(10-11)21(23)24)25-17(18(22)20-14-7-8-14)12-3-5-13(19)6-4-12/h2-6,9-10,14,17H,7-8H2,1H3,(H,20,22)/t17-/m1/s1. The predicted molar refractivity (Wildman–Crippen MR) is 88.8 cm³/mol. The van der Waals surface area contributed by atoms with E-state index in [0.717, 1.165) is 12.8 Å². The van der Waals surface area contributed by atoms with Crippen LogP contribution in [0.2, 0.25) is 0 Å². The minimum absolute atomic E-state index is 0.00382. The summed E-state index contributed by atoms with van der Waals surface area (Å²) in [5.41, 5.74) is 0.917. The molecule has 130 valence electrons. The number of amides is 1. The van der Waals surface area contributed by atoms with E-state index in [1.54, 1.807) is 13.0 Å². The van der Waals surface area contributed by atoms with Crippen LogP contribution in [0.25, 0.3) is 0 Å². The van der Waals surface area contributed by atoms with Gasteiger partial charge in [-0.2, -0.15) is 0 Å². The van der Waals surface area contributed by atoms with Crippen molar-refractivity contribution in [1.29, 1.82) is 0 Å². The van der Waals surface area contributed by atoms with Crippen LogP contribution in [0.15, 0.2) is 42.5 Å². The molecular formula is C18H17FN2O4. The second-order valence-electron chi connectivity index (χ2n) is 6.06. The number of nitro groups is 1. The zero-order valence-electron chi connectivity index (χ0n) is 13.6. The molecule has 1 saturated carbocycles. The van der Waals surface area contributed by atoms with Gasteiger partial charge in [0.25, 0.3) is 5.91 Å². The molecule has 0 heterocycles. The Morgan fingerprint density at radius 3 is 2.56 bits per heavy atom. The summed E-state index contributed by atoms with van der Waals surface area (Å²) in [4.78, 5) is 23.2.